The van der Waals surface area contributed by atoms with Gasteiger partial charge < -0.3 is 15.5 Å². The largest absolute Gasteiger partial charge is 0.479 e. The molecule has 1 unspecified atom stereocenters. The number of carboxylic acid groups (broad SMARTS) is 1. The Balaban J connectivity index is 2.56. The maximum atomic E-state index is 11.7. The number of carbonyl (C=O) groups excluding carboxylic acids is 1. The van der Waals surface area contributed by atoms with Gasteiger partial charge in [0, 0.05) is 13.0 Å². The summed E-state index contributed by atoms with van der Waals surface area (Å²) < 4.78 is 0. The minimum Gasteiger partial charge on any atom is -0.479 e. The van der Waals surface area contributed by atoms with Crippen molar-refractivity contribution >= 4 is 35.1 Å². The number of aliphatic carboxylic acids is 1. The molecule has 98 valence electrons. The first-order valence-corrected chi connectivity index (χ1v) is 5.82. The van der Waals surface area contributed by atoms with E-state index in [-0.39, 0.29) is 28.6 Å². The van der Waals surface area contributed by atoms with E-state index in [0.717, 1.165) is 0 Å². The number of aliphatic hydroxyl groups excluding tert-OH is 1. The van der Waals surface area contributed by atoms with Crippen LogP contribution >= 0.6 is 23.2 Å². The van der Waals surface area contributed by atoms with E-state index in [9.17, 15) is 9.59 Å². The number of aliphatic hydroxyl groups is 1. The molecule has 0 saturated heterocycles. The van der Waals surface area contributed by atoms with Crippen LogP contribution in [0.1, 0.15) is 16.8 Å². The highest BCUT2D eigenvalue weighted by molar-refractivity contribution is 6.43. The van der Waals surface area contributed by atoms with Gasteiger partial charge in [0.15, 0.2) is 6.10 Å². The standard InChI is InChI=1S/C11H11Cl2NO4/c12-7-3-1-2-6(9(7)13)10(16)14-5-4-8(15)11(17)18/h1-3,8,15H,4-5H2,(H,14,16)(H,17,18). The van der Waals surface area contributed by atoms with Gasteiger partial charge in [-0.25, -0.2) is 4.79 Å². The van der Waals surface area contributed by atoms with Gasteiger partial charge in [0.2, 0.25) is 0 Å². The highest BCUT2D eigenvalue weighted by Crippen LogP contribution is 2.25. The second-order valence-corrected chi connectivity index (χ2v) is 4.29. The summed E-state index contributed by atoms with van der Waals surface area (Å²) in [7, 11) is 0. The van der Waals surface area contributed by atoms with Gasteiger partial charge >= 0.3 is 5.97 Å². The molecule has 3 N–H and O–H groups in total. The molecule has 0 aliphatic heterocycles. The number of amides is 1. The van der Waals surface area contributed by atoms with Crippen molar-refractivity contribution in [3.8, 4) is 0 Å². The monoisotopic (exact) mass is 291 g/mol. The molecule has 0 radical (unpaired) electrons. The van der Waals surface area contributed by atoms with Gasteiger partial charge in [-0.3, -0.25) is 4.79 Å². The molecule has 1 aromatic carbocycles. The van der Waals surface area contributed by atoms with Gasteiger partial charge in [0.05, 0.1) is 15.6 Å². The summed E-state index contributed by atoms with van der Waals surface area (Å²) in [5, 5.41) is 20.3. The van der Waals surface area contributed by atoms with Crippen molar-refractivity contribution in [2.45, 2.75) is 12.5 Å². The van der Waals surface area contributed by atoms with Crippen molar-refractivity contribution in [2.75, 3.05) is 6.54 Å². The zero-order valence-corrected chi connectivity index (χ0v) is 10.7. The molecule has 0 heterocycles. The van der Waals surface area contributed by atoms with Crippen molar-refractivity contribution in [1.29, 1.82) is 0 Å². The number of carbonyl (C=O) groups is 2. The Morgan fingerprint density at radius 3 is 2.61 bits per heavy atom. The molecule has 0 aliphatic rings. The van der Waals surface area contributed by atoms with Crippen molar-refractivity contribution in [3.63, 3.8) is 0 Å². The van der Waals surface area contributed by atoms with E-state index in [1.165, 1.54) is 6.07 Å². The number of hydrogen-bond donors (Lipinski definition) is 3. The summed E-state index contributed by atoms with van der Waals surface area (Å²) in [5.74, 6) is -1.80. The lowest BCUT2D eigenvalue weighted by atomic mass is 10.2. The molecule has 1 aromatic rings. The minimum absolute atomic E-state index is 0.0230. The average Bonchev–Trinajstić information content (AvgIpc) is 2.32. The van der Waals surface area contributed by atoms with Crippen LogP contribution in [0, 0.1) is 0 Å². The summed E-state index contributed by atoms with van der Waals surface area (Å²) >= 11 is 11.6. The topological polar surface area (TPSA) is 86.6 Å². The van der Waals surface area contributed by atoms with Gasteiger partial charge in [-0.05, 0) is 12.1 Å². The van der Waals surface area contributed by atoms with E-state index in [4.69, 9.17) is 33.4 Å². The van der Waals surface area contributed by atoms with E-state index in [1.54, 1.807) is 12.1 Å². The van der Waals surface area contributed by atoms with Crippen molar-refractivity contribution in [1.82, 2.24) is 5.32 Å². The molecule has 1 rings (SSSR count). The first kappa shape index (κ1) is 14.8. The van der Waals surface area contributed by atoms with Crippen LogP contribution in [0.4, 0.5) is 0 Å². The Kier molecular flexibility index (Phi) is 5.40. The van der Waals surface area contributed by atoms with Gasteiger partial charge in [-0.2, -0.15) is 0 Å². The van der Waals surface area contributed by atoms with Crippen molar-refractivity contribution in [3.05, 3.63) is 33.8 Å². The van der Waals surface area contributed by atoms with Crippen LogP contribution in [-0.2, 0) is 4.79 Å². The van der Waals surface area contributed by atoms with Gasteiger partial charge in [-0.15, -0.1) is 0 Å². The van der Waals surface area contributed by atoms with E-state index >= 15 is 0 Å². The molecule has 0 spiro atoms. The van der Waals surface area contributed by atoms with Crippen LogP contribution in [0.3, 0.4) is 0 Å². The van der Waals surface area contributed by atoms with Crippen LogP contribution in [0.25, 0.3) is 0 Å². The molecule has 0 fully saturated rings. The number of benzene rings is 1. The van der Waals surface area contributed by atoms with Crippen LogP contribution < -0.4 is 5.32 Å². The van der Waals surface area contributed by atoms with Gasteiger partial charge in [-0.1, -0.05) is 29.3 Å². The minimum atomic E-state index is -1.50. The van der Waals surface area contributed by atoms with Gasteiger partial charge in [0.25, 0.3) is 5.91 Å². The molecule has 0 aromatic heterocycles. The molecule has 18 heavy (non-hydrogen) atoms. The lowest BCUT2D eigenvalue weighted by Gasteiger charge is -2.08. The highest BCUT2D eigenvalue weighted by Gasteiger charge is 2.15. The quantitative estimate of drug-likeness (QED) is 0.768. The molecule has 5 nitrogen and oxygen atoms in total. The second kappa shape index (κ2) is 6.58. The Bertz CT molecular complexity index is 464. The molecule has 0 bridgehead atoms. The average molecular weight is 292 g/mol. The van der Waals surface area contributed by atoms with Crippen LogP contribution in [0.15, 0.2) is 18.2 Å². The Morgan fingerprint density at radius 2 is 2.00 bits per heavy atom. The smallest absolute Gasteiger partial charge is 0.332 e. The Hall–Kier alpha value is -1.30. The number of carboxylic acids is 1. The fourth-order valence-corrected chi connectivity index (χ4v) is 1.61. The third-order valence-corrected chi connectivity index (χ3v) is 3.00. The predicted octanol–water partition coefficient (Wildman–Crippen LogP) is 1.56. The predicted molar refractivity (Wildman–Crippen MR) is 67.1 cm³/mol. The summed E-state index contributed by atoms with van der Waals surface area (Å²) in [4.78, 5) is 22.0. The second-order valence-electron chi connectivity index (χ2n) is 3.50. The van der Waals surface area contributed by atoms with E-state index < -0.39 is 18.0 Å². The summed E-state index contributed by atoms with van der Waals surface area (Å²) in [5.41, 5.74) is 0.203. The number of rotatable bonds is 5. The fourth-order valence-electron chi connectivity index (χ4n) is 1.22. The highest BCUT2D eigenvalue weighted by atomic mass is 35.5. The molecule has 7 heteroatoms. The van der Waals surface area contributed by atoms with Crippen LogP contribution in [0.5, 0.6) is 0 Å². The first-order valence-electron chi connectivity index (χ1n) is 5.06. The van der Waals surface area contributed by atoms with E-state index in [2.05, 4.69) is 5.32 Å². The molecule has 1 atom stereocenters. The maximum Gasteiger partial charge on any atom is 0.332 e. The third kappa shape index (κ3) is 3.87. The normalized spacial score (nSPS) is 11.9. The molecular formula is C11H11Cl2NO4. The zero-order chi connectivity index (χ0) is 13.7. The van der Waals surface area contributed by atoms with Crippen LogP contribution in [-0.4, -0.2) is 34.7 Å². The lowest BCUT2D eigenvalue weighted by Crippen LogP contribution is -2.30. The number of nitrogens with one attached hydrogen (secondary N) is 1. The SMILES string of the molecule is O=C(NCCC(O)C(=O)O)c1cccc(Cl)c1Cl. The van der Waals surface area contributed by atoms with Crippen molar-refractivity contribution in [2.24, 2.45) is 0 Å². The summed E-state index contributed by atoms with van der Waals surface area (Å²) in [6.45, 7) is 0.0230. The van der Waals surface area contributed by atoms with Crippen molar-refractivity contribution < 1.29 is 19.8 Å². The maximum absolute atomic E-state index is 11.7. The third-order valence-electron chi connectivity index (χ3n) is 2.18. The Labute approximate surface area is 113 Å². The fraction of sp³-hybridized carbons (Fsp3) is 0.273. The first-order chi connectivity index (χ1) is 8.43. The van der Waals surface area contributed by atoms with Crippen LogP contribution in [0.2, 0.25) is 10.0 Å². The van der Waals surface area contributed by atoms with Gasteiger partial charge in [0.1, 0.15) is 0 Å². The molecule has 1 amide bonds. The Morgan fingerprint density at radius 1 is 1.33 bits per heavy atom. The van der Waals surface area contributed by atoms with E-state index in [1.807, 2.05) is 0 Å². The number of hydrogen-bond acceptors (Lipinski definition) is 3. The molecular weight excluding hydrogens is 281 g/mol. The number of halogens is 2. The molecule has 0 aliphatic carbocycles. The summed E-state index contributed by atoms with van der Waals surface area (Å²) in [6.07, 6.45) is -1.58. The summed E-state index contributed by atoms with van der Waals surface area (Å²) in [6, 6.07) is 4.63. The van der Waals surface area contributed by atoms with E-state index in [0.29, 0.717) is 0 Å². The molecule has 0 saturated carbocycles. The lowest BCUT2D eigenvalue weighted by molar-refractivity contribution is -0.146. The zero-order valence-electron chi connectivity index (χ0n) is 9.19.